The summed E-state index contributed by atoms with van der Waals surface area (Å²) in [4.78, 5) is 10.1. The summed E-state index contributed by atoms with van der Waals surface area (Å²) in [5.41, 5.74) is 0. The Kier molecular flexibility index (Phi) is 41.9. The van der Waals surface area contributed by atoms with E-state index in [1.807, 2.05) is 0 Å². The summed E-state index contributed by atoms with van der Waals surface area (Å²) in [7, 11) is -1.04. The van der Waals surface area contributed by atoms with Crippen LogP contribution in [-0.2, 0) is 4.79 Å². The van der Waals surface area contributed by atoms with Crippen molar-refractivity contribution >= 4 is 13.2 Å². The first-order chi connectivity index (χ1) is 22.0. The van der Waals surface area contributed by atoms with Gasteiger partial charge in [0.15, 0.2) is 0 Å². The number of carboxylic acid groups (broad SMARTS) is 1. The molecule has 0 saturated heterocycles. The number of hydrogen-bond acceptors (Lipinski definition) is 1. The van der Waals surface area contributed by atoms with Gasteiger partial charge in [-0.15, -0.1) is 0 Å². The normalized spacial score (nSPS) is 11.8. The van der Waals surface area contributed by atoms with Gasteiger partial charge >= 0.3 is 206 Å². The summed E-state index contributed by atoms with van der Waals surface area (Å²) in [5, 5.41) is 8.35. The van der Waals surface area contributed by atoms with Crippen molar-refractivity contribution in [2.45, 2.75) is 240 Å². The van der Waals surface area contributed by atoms with Gasteiger partial charge in [-0.1, -0.05) is 58.8 Å². The Morgan fingerprint density at radius 1 is 0.333 bits per heavy atom. The zero-order valence-electron chi connectivity index (χ0n) is 32.3. The van der Waals surface area contributed by atoms with Crippen molar-refractivity contribution in [1.29, 1.82) is 0 Å². The molecule has 0 aromatic heterocycles. The van der Waals surface area contributed by atoms with Gasteiger partial charge in [0.25, 0.3) is 0 Å². The maximum absolute atomic E-state index is 10.1. The molecule has 1 N–H and O–H groups in total. The first-order valence-electron chi connectivity index (χ1n) is 21.2. The van der Waals surface area contributed by atoms with Gasteiger partial charge < -0.3 is 5.11 Å². The fourth-order valence-electron chi connectivity index (χ4n) is 7.10. The van der Waals surface area contributed by atoms with Crippen molar-refractivity contribution in [3.8, 4) is 0 Å². The van der Waals surface area contributed by atoms with Crippen molar-refractivity contribution in [3.63, 3.8) is 0 Å². The van der Waals surface area contributed by atoms with Crippen LogP contribution < -0.4 is 0 Å². The third-order valence-corrected chi connectivity index (χ3v) is 15.9. The van der Waals surface area contributed by atoms with E-state index in [2.05, 4.69) is 34.6 Å². The second-order valence-corrected chi connectivity index (χ2v) is 19.8. The monoisotopic (exact) mass is 657 g/mol. The van der Waals surface area contributed by atoms with Crippen LogP contribution in [0.2, 0.25) is 0 Å². The first kappa shape index (κ1) is 47.0. The van der Waals surface area contributed by atoms with Crippen LogP contribution in [0.25, 0.3) is 0 Å². The van der Waals surface area contributed by atoms with E-state index in [-0.39, 0.29) is 0 Å². The van der Waals surface area contributed by atoms with E-state index in [9.17, 15) is 4.79 Å². The number of unbranched alkanes of at least 4 members (excludes halogenated alkanes) is 26. The fraction of sp³-hybridized carbons (Fsp3) is 0.976. The van der Waals surface area contributed by atoms with E-state index in [1.54, 1.807) is 50.3 Å². The predicted molar refractivity (Wildman–Crippen MR) is 212 cm³/mol. The summed E-state index contributed by atoms with van der Waals surface area (Å²) < 4.78 is 0. The van der Waals surface area contributed by atoms with E-state index in [4.69, 9.17) is 5.11 Å². The number of hydrogen-bond donors (Lipinski definition) is 1. The van der Waals surface area contributed by atoms with Gasteiger partial charge in [-0.05, 0) is 6.42 Å². The molecular formula is C42H89O2P. The molecule has 274 valence electrons. The summed E-state index contributed by atoms with van der Waals surface area (Å²) >= 11 is 0. The quantitative estimate of drug-likeness (QED) is 0.0538. The van der Waals surface area contributed by atoms with E-state index < -0.39 is 13.2 Å². The molecular weight excluding hydrogens is 567 g/mol. The van der Waals surface area contributed by atoms with E-state index in [1.165, 1.54) is 161 Å². The summed E-state index contributed by atoms with van der Waals surface area (Å²) in [6, 6.07) is 0. The van der Waals surface area contributed by atoms with Crippen molar-refractivity contribution in [2.75, 3.05) is 24.6 Å². The SMILES string of the molecule is CCCCCCCCCC(=O)O.CCCCCCCCCCCCCC[PH](CCCCCC)(CCCCCC)CCCCCC. The van der Waals surface area contributed by atoms with Crippen LogP contribution >= 0.6 is 7.26 Å². The minimum absolute atomic E-state index is 0.341. The van der Waals surface area contributed by atoms with Gasteiger partial charge in [-0.2, -0.15) is 0 Å². The predicted octanol–water partition coefficient (Wildman–Crippen LogP) is 15.4. The van der Waals surface area contributed by atoms with Gasteiger partial charge in [0.05, 0.1) is 0 Å². The third-order valence-electron chi connectivity index (χ3n) is 10.2. The Morgan fingerprint density at radius 3 is 0.778 bits per heavy atom. The van der Waals surface area contributed by atoms with Crippen molar-refractivity contribution in [3.05, 3.63) is 0 Å². The second-order valence-electron chi connectivity index (χ2n) is 14.8. The topological polar surface area (TPSA) is 37.3 Å². The number of rotatable bonds is 36. The van der Waals surface area contributed by atoms with Crippen LogP contribution in [0.1, 0.15) is 240 Å². The van der Waals surface area contributed by atoms with Crippen molar-refractivity contribution < 1.29 is 9.90 Å². The molecule has 45 heavy (non-hydrogen) atoms. The molecule has 0 aliphatic carbocycles. The third kappa shape index (κ3) is 38.2. The van der Waals surface area contributed by atoms with Gasteiger partial charge in [-0.3, -0.25) is 4.79 Å². The molecule has 0 aliphatic rings. The molecule has 3 heteroatoms. The second kappa shape index (κ2) is 40.1. The first-order valence-corrected chi connectivity index (χ1v) is 24.1. The van der Waals surface area contributed by atoms with E-state index in [0.717, 1.165) is 12.8 Å². The molecule has 0 atom stereocenters. The molecule has 0 fully saturated rings. The van der Waals surface area contributed by atoms with Gasteiger partial charge in [-0.25, -0.2) is 0 Å². The van der Waals surface area contributed by atoms with Gasteiger partial charge in [0.2, 0.25) is 0 Å². The zero-order valence-corrected chi connectivity index (χ0v) is 33.3. The Labute approximate surface area is 287 Å². The van der Waals surface area contributed by atoms with Gasteiger partial charge in [0.1, 0.15) is 0 Å². The minimum atomic E-state index is -1.04. The Bertz CT molecular complexity index is 518. The van der Waals surface area contributed by atoms with E-state index in [0.29, 0.717) is 6.42 Å². The molecule has 2 nitrogen and oxygen atoms in total. The summed E-state index contributed by atoms with van der Waals surface area (Å²) in [6.07, 6.45) is 51.0. The molecule has 0 saturated carbocycles. The molecule has 0 amide bonds. The summed E-state index contributed by atoms with van der Waals surface area (Å²) in [5.74, 6) is -0.663. The van der Waals surface area contributed by atoms with E-state index >= 15 is 0 Å². The molecule has 0 unspecified atom stereocenters. The molecule has 0 spiro atoms. The van der Waals surface area contributed by atoms with Gasteiger partial charge in [0, 0.05) is 6.42 Å². The van der Waals surface area contributed by atoms with Crippen molar-refractivity contribution in [1.82, 2.24) is 0 Å². The molecule has 0 rings (SSSR count). The molecule has 0 heterocycles. The molecule has 0 aromatic carbocycles. The number of carboxylic acids is 1. The molecule has 0 aromatic rings. The Morgan fingerprint density at radius 2 is 0.533 bits per heavy atom. The molecule has 0 radical (unpaired) electrons. The maximum atomic E-state index is 10.1. The number of carbonyl (C=O) groups is 1. The van der Waals surface area contributed by atoms with Crippen LogP contribution in [-0.4, -0.2) is 35.7 Å². The van der Waals surface area contributed by atoms with Crippen LogP contribution in [0.15, 0.2) is 0 Å². The van der Waals surface area contributed by atoms with Crippen LogP contribution in [0.5, 0.6) is 0 Å². The van der Waals surface area contributed by atoms with Crippen molar-refractivity contribution in [2.24, 2.45) is 0 Å². The average Bonchev–Trinajstić information content (AvgIpc) is 3.03. The fourth-order valence-corrected chi connectivity index (χ4v) is 12.6. The molecule has 0 bridgehead atoms. The molecule has 0 aliphatic heterocycles. The van der Waals surface area contributed by atoms with Crippen LogP contribution in [0.4, 0.5) is 0 Å². The van der Waals surface area contributed by atoms with Crippen LogP contribution in [0, 0.1) is 0 Å². The Balaban J connectivity index is 0. The average molecular weight is 657 g/mol. The number of aliphatic carboxylic acids is 1. The standard InChI is InChI=1S/C32H69P.C10H20O2/c1-5-9-13-17-18-19-20-21-22-23-24-28-32-33(29-25-14-10-6-2,30-26-15-11-7-3)31-27-16-12-8-4;1-2-3-4-5-6-7-8-9-10(11)12/h33H,5-32H2,1-4H3;2-9H2,1H3,(H,11,12). The van der Waals surface area contributed by atoms with Crippen LogP contribution in [0.3, 0.4) is 0 Å². The summed E-state index contributed by atoms with van der Waals surface area (Å²) in [6.45, 7) is 11.6. The zero-order chi connectivity index (χ0) is 33.5. The Hall–Kier alpha value is -0.100.